The molecule has 0 amide bonds. The number of hydrogen-bond acceptors (Lipinski definition) is 1. The number of nitrogens with one attached hydrogen (secondary N) is 1. The molecule has 0 bridgehead atoms. The maximum Gasteiger partial charge on any atom is 0.0476 e. The molecule has 2 rings (SSSR count). The Labute approximate surface area is 123 Å². The molecule has 0 radical (unpaired) electrons. The highest BCUT2D eigenvalue weighted by Crippen LogP contribution is 2.39. The Morgan fingerprint density at radius 2 is 2.20 bits per heavy atom. The predicted octanol–water partition coefficient (Wildman–Crippen LogP) is 4.74. The zero-order valence-corrected chi connectivity index (χ0v) is 12.9. The third-order valence-electron chi connectivity index (χ3n) is 4.41. The lowest BCUT2D eigenvalue weighted by Gasteiger charge is -2.29. The van der Waals surface area contributed by atoms with Crippen molar-refractivity contribution in [1.82, 2.24) is 5.32 Å². The van der Waals surface area contributed by atoms with E-state index < -0.39 is 0 Å². The van der Waals surface area contributed by atoms with Gasteiger partial charge in [-0.2, -0.15) is 0 Å². The van der Waals surface area contributed by atoms with Gasteiger partial charge in [-0.1, -0.05) is 43.7 Å². The summed E-state index contributed by atoms with van der Waals surface area (Å²) in [7, 11) is 0. The molecule has 1 nitrogen and oxygen atoms in total. The molecule has 0 saturated heterocycles. The predicted molar refractivity (Wildman–Crippen MR) is 88.1 cm³/mol. The van der Waals surface area contributed by atoms with E-state index in [1.54, 1.807) is 11.1 Å². The van der Waals surface area contributed by atoms with Gasteiger partial charge < -0.3 is 5.32 Å². The molecule has 0 aromatic heterocycles. The molecule has 0 aliphatic heterocycles. The molecule has 0 heterocycles. The van der Waals surface area contributed by atoms with Crippen LogP contribution in [0.25, 0.3) is 0 Å². The van der Waals surface area contributed by atoms with Crippen molar-refractivity contribution < 1.29 is 0 Å². The molecule has 1 unspecified atom stereocenters. The Morgan fingerprint density at radius 1 is 1.40 bits per heavy atom. The average molecular weight is 269 g/mol. The van der Waals surface area contributed by atoms with Crippen molar-refractivity contribution in [3.05, 3.63) is 59.8 Å². The number of allylic oxidation sites excluding steroid dienone is 1. The van der Waals surface area contributed by atoms with Crippen molar-refractivity contribution in [3.63, 3.8) is 0 Å². The second-order valence-corrected chi connectivity index (χ2v) is 5.68. The van der Waals surface area contributed by atoms with Crippen molar-refractivity contribution >= 4 is 0 Å². The summed E-state index contributed by atoms with van der Waals surface area (Å²) in [6.07, 6.45) is 12.4. The molecule has 1 saturated carbocycles. The van der Waals surface area contributed by atoms with E-state index in [-0.39, 0.29) is 0 Å². The molecule has 0 spiro atoms. The Bertz CT molecular complexity index is 469. The van der Waals surface area contributed by atoms with E-state index in [9.17, 15) is 0 Å². The summed E-state index contributed by atoms with van der Waals surface area (Å²) < 4.78 is 0. The molecule has 1 heteroatoms. The van der Waals surface area contributed by atoms with Crippen LogP contribution in [0.15, 0.2) is 43.1 Å². The number of hydrogen-bond donors (Lipinski definition) is 1. The molecule has 1 aromatic carbocycles. The van der Waals surface area contributed by atoms with E-state index in [0.29, 0.717) is 6.04 Å². The first kappa shape index (κ1) is 14.9. The second kappa shape index (κ2) is 7.33. The summed E-state index contributed by atoms with van der Waals surface area (Å²) in [6.45, 7) is 8.26. The van der Waals surface area contributed by atoms with Crippen LogP contribution in [0.2, 0.25) is 0 Å². The average Bonchev–Trinajstić information content (AvgIpc) is 2.41. The van der Waals surface area contributed by atoms with Gasteiger partial charge in [0.25, 0.3) is 0 Å². The van der Waals surface area contributed by atoms with E-state index in [4.69, 9.17) is 0 Å². The maximum absolute atomic E-state index is 3.95. The van der Waals surface area contributed by atoms with E-state index in [1.807, 2.05) is 25.3 Å². The van der Waals surface area contributed by atoms with Gasteiger partial charge in [0.15, 0.2) is 0 Å². The minimum absolute atomic E-state index is 0.313. The highest BCUT2D eigenvalue weighted by atomic mass is 14.9. The Hall–Kier alpha value is -1.50. The van der Waals surface area contributed by atoms with Crippen LogP contribution in [-0.4, -0.2) is 6.04 Å². The quantitative estimate of drug-likeness (QED) is 0.705. The topological polar surface area (TPSA) is 12.0 Å². The van der Waals surface area contributed by atoms with E-state index in [1.165, 1.54) is 24.8 Å². The fourth-order valence-corrected chi connectivity index (χ4v) is 3.05. The molecule has 1 atom stereocenters. The van der Waals surface area contributed by atoms with Crippen LogP contribution < -0.4 is 5.32 Å². The fraction of sp³-hybridized carbons (Fsp3) is 0.474. The van der Waals surface area contributed by atoms with Gasteiger partial charge in [0.05, 0.1) is 0 Å². The SMILES string of the molecule is C=CC(Cc1cccc(C2CCC2)c1CC)N/C=C\C. The van der Waals surface area contributed by atoms with Gasteiger partial charge in [0.1, 0.15) is 0 Å². The van der Waals surface area contributed by atoms with Crippen molar-refractivity contribution in [2.75, 3.05) is 0 Å². The normalized spacial score (nSPS) is 16.9. The van der Waals surface area contributed by atoms with Crippen LogP contribution in [-0.2, 0) is 12.8 Å². The number of benzene rings is 1. The summed E-state index contributed by atoms with van der Waals surface area (Å²) in [6, 6.07) is 7.18. The Morgan fingerprint density at radius 3 is 2.75 bits per heavy atom. The first-order valence-corrected chi connectivity index (χ1v) is 7.90. The number of rotatable bonds is 7. The van der Waals surface area contributed by atoms with Crippen LogP contribution in [0.4, 0.5) is 0 Å². The Kier molecular flexibility index (Phi) is 5.46. The maximum atomic E-state index is 3.95. The molecule has 1 fully saturated rings. The smallest absolute Gasteiger partial charge is 0.0476 e. The lowest BCUT2D eigenvalue weighted by atomic mass is 9.76. The van der Waals surface area contributed by atoms with Crippen LogP contribution in [0.3, 0.4) is 0 Å². The van der Waals surface area contributed by atoms with E-state index in [2.05, 4.69) is 37.0 Å². The van der Waals surface area contributed by atoms with Gasteiger partial charge in [-0.25, -0.2) is 0 Å². The van der Waals surface area contributed by atoms with Gasteiger partial charge in [0.2, 0.25) is 0 Å². The molecule has 1 aliphatic rings. The highest BCUT2D eigenvalue weighted by molar-refractivity contribution is 5.39. The van der Waals surface area contributed by atoms with Crippen molar-refractivity contribution in [3.8, 4) is 0 Å². The highest BCUT2D eigenvalue weighted by Gasteiger charge is 2.22. The summed E-state index contributed by atoms with van der Waals surface area (Å²) in [4.78, 5) is 0. The molecule has 20 heavy (non-hydrogen) atoms. The van der Waals surface area contributed by atoms with Crippen LogP contribution >= 0.6 is 0 Å². The van der Waals surface area contributed by atoms with Crippen molar-refractivity contribution in [1.29, 1.82) is 0 Å². The molecule has 1 aliphatic carbocycles. The largest absolute Gasteiger partial charge is 0.385 e. The first-order valence-electron chi connectivity index (χ1n) is 7.90. The minimum Gasteiger partial charge on any atom is -0.385 e. The van der Waals surface area contributed by atoms with Crippen LogP contribution in [0, 0.1) is 0 Å². The zero-order valence-electron chi connectivity index (χ0n) is 12.9. The lowest BCUT2D eigenvalue weighted by Crippen LogP contribution is -2.25. The monoisotopic (exact) mass is 269 g/mol. The third-order valence-corrected chi connectivity index (χ3v) is 4.41. The standard InChI is InChI=1S/C19H27N/c1-4-13-20-17(5-2)14-16-11-8-12-19(18(16)6-3)15-9-7-10-15/h4-5,8,11-13,15,17,20H,2,6-7,9-10,14H2,1,3H3/b13-4-. The lowest BCUT2D eigenvalue weighted by molar-refractivity contribution is 0.417. The van der Waals surface area contributed by atoms with Gasteiger partial charge in [-0.3, -0.25) is 0 Å². The Balaban J connectivity index is 2.19. The van der Waals surface area contributed by atoms with Gasteiger partial charge in [-0.05, 0) is 61.4 Å². The molecule has 1 aromatic rings. The van der Waals surface area contributed by atoms with E-state index in [0.717, 1.165) is 18.8 Å². The second-order valence-electron chi connectivity index (χ2n) is 5.68. The third kappa shape index (κ3) is 3.33. The fourth-order valence-electron chi connectivity index (χ4n) is 3.05. The zero-order chi connectivity index (χ0) is 14.4. The first-order chi connectivity index (χ1) is 9.80. The summed E-state index contributed by atoms with van der Waals surface area (Å²) in [5.74, 6) is 0.815. The summed E-state index contributed by atoms with van der Waals surface area (Å²) in [5, 5.41) is 3.40. The van der Waals surface area contributed by atoms with Crippen LogP contribution in [0.5, 0.6) is 0 Å². The summed E-state index contributed by atoms with van der Waals surface area (Å²) in [5.41, 5.74) is 4.66. The summed E-state index contributed by atoms with van der Waals surface area (Å²) >= 11 is 0. The van der Waals surface area contributed by atoms with Gasteiger partial charge in [-0.15, -0.1) is 6.58 Å². The van der Waals surface area contributed by atoms with Crippen molar-refractivity contribution in [2.24, 2.45) is 0 Å². The van der Waals surface area contributed by atoms with E-state index >= 15 is 0 Å². The molecular weight excluding hydrogens is 242 g/mol. The van der Waals surface area contributed by atoms with Gasteiger partial charge in [0, 0.05) is 6.04 Å². The van der Waals surface area contributed by atoms with Crippen molar-refractivity contribution in [2.45, 2.75) is 57.9 Å². The van der Waals surface area contributed by atoms with Gasteiger partial charge >= 0.3 is 0 Å². The molecular formula is C19H27N. The minimum atomic E-state index is 0.313. The molecule has 108 valence electrons. The van der Waals surface area contributed by atoms with Crippen LogP contribution in [0.1, 0.15) is 55.7 Å². The molecule has 1 N–H and O–H groups in total.